The second-order valence-electron chi connectivity index (χ2n) is 4.60. The standard InChI is InChI=1S/C16H19NO/c1-12-4-3-5-13(2)16(12)11-18-10-14-6-8-15(17)9-7-14/h3-9H,10-11,17H2,1-2H3. The molecule has 2 aromatic carbocycles. The molecule has 18 heavy (non-hydrogen) atoms. The minimum absolute atomic E-state index is 0.619. The first kappa shape index (κ1) is 12.7. The number of hydrogen-bond acceptors (Lipinski definition) is 2. The van der Waals surface area contributed by atoms with Gasteiger partial charge in [-0.15, -0.1) is 0 Å². The van der Waals surface area contributed by atoms with E-state index in [1.165, 1.54) is 16.7 Å². The molecule has 0 aliphatic rings. The Bertz CT molecular complexity index is 497. The molecule has 0 atom stereocenters. The molecule has 0 amide bonds. The van der Waals surface area contributed by atoms with Crippen molar-refractivity contribution in [3.8, 4) is 0 Å². The van der Waals surface area contributed by atoms with Crippen molar-refractivity contribution in [1.29, 1.82) is 0 Å². The summed E-state index contributed by atoms with van der Waals surface area (Å²) in [4.78, 5) is 0. The SMILES string of the molecule is Cc1cccc(C)c1COCc1ccc(N)cc1. The van der Waals surface area contributed by atoms with Crippen molar-refractivity contribution in [2.75, 3.05) is 5.73 Å². The van der Waals surface area contributed by atoms with Crippen LogP contribution in [0, 0.1) is 13.8 Å². The summed E-state index contributed by atoms with van der Waals surface area (Å²) < 4.78 is 5.77. The molecule has 94 valence electrons. The fourth-order valence-corrected chi connectivity index (χ4v) is 1.96. The molecule has 0 saturated carbocycles. The fraction of sp³-hybridized carbons (Fsp3) is 0.250. The Morgan fingerprint density at radius 3 is 2.11 bits per heavy atom. The quantitative estimate of drug-likeness (QED) is 0.830. The average Bonchev–Trinajstić information content (AvgIpc) is 2.35. The molecule has 0 aliphatic heterocycles. The van der Waals surface area contributed by atoms with Crippen LogP contribution in [0.1, 0.15) is 22.3 Å². The highest BCUT2D eigenvalue weighted by molar-refractivity contribution is 5.39. The summed E-state index contributed by atoms with van der Waals surface area (Å²) in [6, 6.07) is 14.1. The Hall–Kier alpha value is -1.80. The van der Waals surface area contributed by atoms with E-state index in [9.17, 15) is 0 Å². The molecule has 2 N–H and O–H groups in total. The van der Waals surface area contributed by atoms with Gasteiger partial charge in [0.2, 0.25) is 0 Å². The normalized spacial score (nSPS) is 10.6. The van der Waals surface area contributed by atoms with Gasteiger partial charge in [-0.1, -0.05) is 30.3 Å². The summed E-state index contributed by atoms with van der Waals surface area (Å²) in [7, 11) is 0. The van der Waals surface area contributed by atoms with Gasteiger partial charge in [0.1, 0.15) is 0 Å². The van der Waals surface area contributed by atoms with E-state index in [4.69, 9.17) is 10.5 Å². The van der Waals surface area contributed by atoms with Crippen LogP contribution in [0.5, 0.6) is 0 Å². The highest BCUT2D eigenvalue weighted by Gasteiger charge is 2.02. The van der Waals surface area contributed by atoms with Crippen LogP contribution in [-0.2, 0) is 18.0 Å². The lowest BCUT2D eigenvalue weighted by Crippen LogP contribution is -1.99. The molecular weight excluding hydrogens is 222 g/mol. The van der Waals surface area contributed by atoms with Gasteiger partial charge in [0.25, 0.3) is 0 Å². The van der Waals surface area contributed by atoms with Crippen molar-refractivity contribution < 1.29 is 4.74 Å². The summed E-state index contributed by atoms with van der Waals surface area (Å²) in [6.07, 6.45) is 0. The summed E-state index contributed by atoms with van der Waals surface area (Å²) in [6.45, 7) is 5.51. The van der Waals surface area contributed by atoms with Gasteiger partial charge in [0.15, 0.2) is 0 Å². The van der Waals surface area contributed by atoms with Gasteiger partial charge in [0, 0.05) is 5.69 Å². The molecule has 0 bridgehead atoms. The van der Waals surface area contributed by atoms with Crippen molar-refractivity contribution >= 4 is 5.69 Å². The molecule has 2 nitrogen and oxygen atoms in total. The molecule has 0 aliphatic carbocycles. The van der Waals surface area contributed by atoms with Crippen LogP contribution in [0.15, 0.2) is 42.5 Å². The third-order valence-corrected chi connectivity index (χ3v) is 3.14. The number of hydrogen-bond donors (Lipinski definition) is 1. The van der Waals surface area contributed by atoms with Gasteiger partial charge in [-0.05, 0) is 48.2 Å². The zero-order valence-electron chi connectivity index (χ0n) is 10.9. The van der Waals surface area contributed by atoms with E-state index in [1.807, 2.05) is 24.3 Å². The molecule has 0 fully saturated rings. The lowest BCUT2D eigenvalue weighted by atomic mass is 10.0. The maximum absolute atomic E-state index is 5.77. The monoisotopic (exact) mass is 241 g/mol. The zero-order valence-corrected chi connectivity index (χ0v) is 10.9. The van der Waals surface area contributed by atoms with Crippen molar-refractivity contribution in [2.24, 2.45) is 0 Å². The first-order chi connectivity index (χ1) is 8.66. The molecule has 0 aromatic heterocycles. The van der Waals surface area contributed by atoms with Crippen LogP contribution < -0.4 is 5.73 Å². The smallest absolute Gasteiger partial charge is 0.0726 e. The van der Waals surface area contributed by atoms with Crippen molar-refractivity contribution in [2.45, 2.75) is 27.1 Å². The first-order valence-electron chi connectivity index (χ1n) is 6.14. The van der Waals surface area contributed by atoms with Gasteiger partial charge in [0.05, 0.1) is 13.2 Å². The predicted octanol–water partition coefficient (Wildman–Crippen LogP) is 3.60. The minimum atomic E-state index is 0.619. The van der Waals surface area contributed by atoms with E-state index in [0.29, 0.717) is 13.2 Å². The Labute approximate surface area is 108 Å². The second-order valence-corrected chi connectivity index (χ2v) is 4.60. The maximum atomic E-state index is 5.77. The molecule has 2 heteroatoms. The highest BCUT2D eigenvalue weighted by Crippen LogP contribution is 2.15. The van der Waals surface area contributed by atoms with Crippen LogP contribution >= 0.6 is 0 Å². The van der Waals surface area contributed by atoms with Crippen LogP contribution in [0.3, 0.4) is 0 Å². The Balaban J connectivity index is 1.94. The van der Waals surface area contributed by atoms with Crippen molar-refractivity contribution in [3.05, 3.63) is 64.7 Å². The van der Waals surface area contributed by atoms with Crippen molar-refractivity contribution in [3.63, 3.8) is 0 Å². The van der Waals surface area contributed by atoms with Gasteiger partial charge in [-0.2, -0.15) is 0 Å². The van der Waals surface area contributed by atoms with E-state index < -0.39 is 0 Å². The first-order valence-corrected chi connectivity index (χ1v) is 6.14. The van der Waals surface area contributed by atoms with E-state index in [0.717, 1.165) is 11.3 Å². The zero-order chi connectivity index (χ0) is 13.0. The summed E-state index contributed by atoms with van der Waals surface area (Å²) >= 11 is 0. The van der Waals surface area contributed by atoms with Gasteiger partial charge in [-0.25, -0.2) is 0 Å². The van der Waals surface area contributed by atoms with Crippen LogP contribution in [0.2, 0.25) is 0 Å². The van der Waals surface area contributed by atoms with E-state index >= 15 is 0 Å². The largest absolute Gasteiger partial charge is 0.399 e. The molecule has 0 unspecified atom stereocenters. The van der Waals surface area contributed by atoms with E-state index in [-0.39, 0.29) is 0 Å². The summed E-state index contributed by atoms with van der Waals surface area (Å²) in [5.74, 6) is 0. The summed E-state index contributed by atoms with van der Waals surface area (Å²) in [5, 5.41) is 0. The number of nitrogens with two attached hydrogens (primary N) is 1. The highest BCUT2D eigenvalue weighted by atomic mass is 16.5. The molecule has 2 rings (SSSR count). The second kappa shape index (κ2) is 5.69. The number of rotatable bonds is 4. The Morgan fingerprint density at radius 2 is 1.50 bits per heavy atom. The molecule has 0 heterocycles. The number of aryl methyl sites for hydroxylation is 2. The van der Waals surface area contributed by atoms with Gasteiger partial charge in [-0.3, -0.25) is 0 Å². The van der Waals surface area contributed by atoms with Crippen LogP contribution in [-0.4, -0.2) is 0 Å². The maximum Gasteiger partial charge on any atom is 0.0726 e. The summed E-state index contributed by atoms with van der Waals surface area (Å²) in [5.41, 5.74) is 11.4. The van der Waals surface area contributed by atoms with Crippen molar-refractivity contribution in [1.82, 2.24) is 0 Å². The molecule has 0 spiro atoms. The molecule has 2 aromatic rings. The van der Waals surface area contributed by atoms with Crippen LogP contribution in [0.25, 0.3) is 0 Å². The number of anilines is 1. The number of nitrogen functional groups attached to an aromatic ring is 1. The Kier molecular flexibility index (Phi) is 4.00. The number of benzene rings is 2. The third-order valence-electron chi connectivity index (χ3n) is 3.14. The van der Waals surface area contributed by atoms with E-state index in [2.05, 4.69) is 32.0 Å². The fourth-order valence-electron chi connectivity index (χ4n) is 1.96. The average molecular weight is 241 g/mol. The lowest BCUT2D eigenvalue weighted by Gasteiger charge is -2.10. The lowest BCUT2D eigenvalue weighted by molar-refractivity contribution is 0.106. The number of ether oxygens (including phenoxy) is 1. The predicted molar refractivity (Wildman–Crippen MR) is 75.3 cm³/mol. The van der Waals surface area contributed by atoms with E-state index in [1.54, 1.807) is 0 Å². The topological polar surface area (TPSA) is 35.2 Å². The minimum Gasteiger partial charge on any atom is -0.399 e. The van der Waals surface area contributed by atoms with Gasteiger partial charge < -0.3 is 10.5 Å². The van der Waals surface area contributed by atoms with Gasteiger partial charge >= 0.3 is 0 Å². The Morgan fingerprint density at radius 1 is 0.889 bits per heavy atom. The molecule has 0 saturated heterocycles. The molecule has 0 radical (unpaired) electrons. The molecular formula is C16H19NO. The third kappa shape index (κ3) is 3.11. The van der Waals surface area contributed by atoms with Crippen LogP contribution in [0.4, 0.5) is 5.69 Å².